The van der Waals surface area contributed by atoms with E-state index in [1.54, 1.807) is 36.4 Å². The van der Waals surface area contributed by atoms with Crippen LogP contribution in [0.15, 0.2) is 73.4 Å². The number of amides is 1. The van der Waals surface area contributed by atoms with E-state index in [1.165, 1.54) is 7.11 Å². The highest BCUT2D eigenvalue weighted by Crippen LogP contribution is 2.36. The number of hydrogen-bond acceptors (Lipinski definition) is 4. The lowest BCUT2D eigenvalue weighted by atomic mass is 10.1. The summed E-state index contributed by atoms with van der Waals surface area (Å²) in [5.74, 6) is 0.0842. The molecular weight excluding hydrogens is 414 g/mol. The molecule has 7 heteroatoms. The summed E-state index contributed by atoms with van der Waals surface area (Å²) in [5, 5.41) is 13.0. The number of carbonyl (C=O) groups excluding carboxylic acids is 1. The number of H-pyrrole nitrogens is 1. The number of phenolic OH excluding ortho intramolecular Hbond substituents is 1. The van der Waals surface area contributed by atoms with E-state index in [0.29, 0.717) is 17.0 Å². The minimum Gasteiger partial charge on any atom is -0.503 e. The first kappa shape index (κ1) is 21.9. The maximum atomic E-state index is 13.1. The number of aromatic hydroxyl groups is 1. The second-order valence-corrected chi connectivity index (χ2v) is 6.99. The molecule has 1 amide bonds. The first-order valence-corrected chi connectivity index (χ1v) is 9.80. The van der Waals surface area contributed by atoms with Gasteiger partial charge < -0.3 is 20.1 Å². The predicted molar refractivity (Wildman–Crippen MR) is 125 cm³/mol. The van der Waals surface area contributed by atoms with Crippen molar-refractivity contribution in [2.24, 2.45) is 0 Å². The molecule has 0 atom stereocenters. The number of halogens is 1. The van der Waals surface area contributed by atoms with Gasteiger partial charge in [-0.1, -0.05) is 55.1 Å². The normalized spacial score (nSPS) is 11.9. The molecule has 3 N–H and O–H groups in total. The lowest BCUT2D eigenvalue weighted by Crippen LogP contribution is -2.26. The van der Waals surface area contributed by atoms with Gasteiger partial charge in [-0.05, 0) is 41.5 Å². The molecule has 0 aliphatic carbocycles. The highest BCUT2D eigenvalue weighted by molar-refractivity contribution is 6.32. The number of nitrogens with one attached hydrogen (secondary N) is 2. The smallest absolute Gasteiger partial charge is 0.255 e. The Labute approximate surface area is 185 Å². The van der Waals surface area contributed by atoms with E-state index in [4.69, 9.17) is 16.3 Å². The number of rotatable bonds is 8. The maximum Gasteiger partial charge on any atom is 0.255 e. The molecule has 0 saturated heterocycles. The number of aromatic amines is 1. The minimum atomic E-state index is -0.348. The van der Waals surface area contributed by atoms with E-state index < -0.39 is 0 Å². The third-order valence-corrected chi connectivity index (χ3v) is 4.81. The van der Waals surface area contributed by atoms with Crippen LogP contribution in [0.4, 0.5) is 0 Å². The summed E-state index contributed by atoms with van der Waals surface area (Å²) in [6.07, 6.45) is 6.68. The van der Waals surface area contributed by atoms with Crippen LogP contribution in [0.3, 0.4) is 0 Å². The highest BCUT2D eigenvalue weighted by Gasteiger charge is 2.17. The number of ether oxygens (including phenoxy) is 1. The van der Waals surface area contributed by atoms with Crippen LogP contribution in [0.1, 0.15) is 11.4 Å². The number of benzene rings is 2. The average Bonchev–Trinajstić information content (AvgIpc) is 3.20. The molecule has 1 aromatic heterocycles. The van der Waals surface area contributed by atoms with Crippen LogP contribution in [-0.2, 0) is 4.79 Å². The third-order valence-electron chi connectivity index (χ3n) is 4.52. The molecule has 0 bridgehead atoms. The highest BCUT2D eigenvalue weighted by atomic mass is 35.5. The quantitative estimate of drug-likeness (QED) is 0.347. The second kappa shape index (κ2) is 9.82. The van der Waals surface area contributed by atoms with Crippen LogP contribution in [-0.4, -0.2) is 34.6 Å². The van der Waals surface area contributed by atoms with E-state index in [2.05, 4.69) is 28.4 Å². The molecule has 0 unspecified atom stereocenters. The molecule has 3 aromatic rings. The zero-order valence-electron chi connectivity index (χ0n) is 17.0. The number of phenols is 1. The number of para-hydroxylation sites is 2. The lowest BCUT2D eigenvalue weighted by molar-refractivity contribution is -0.115. The average molecular weight is 436 g/mol. The molecule has 0 saturated carbocycles. The minimum absolute atomic E-state index is 0.109. The fourth-order valence-corrected chi connectivity index (χ4v) is 3.17. The van der Waals surface area contributed by atoms with Crippen molar-refractivity contribution in [2.75, 3.05) is 13.7 Å². The second-order valence-electron chi connectivity index (χ2n) is 6.58. The number of carbonyl (C=O) groups is 1. The van der Waals surface area contributed by atoms with Crippen LogP contribution < -0.4 is 10.1 Å². The van der Waals surface area contributed by atoms with Crippen molar-refractivity contribution in [3.8, 4) is 11.5 Å². The molecule has 0 aliphatic heterocycles. The van der Waals surface area contributed by atoms with Gasteiger partial charge in [-0.25, -0.2) is 4.98 Å². The summed E-state index contributed by atoms with van der Waals surface area (Å²) in [4.78, 5) is 20.8. The Balaban J connectivity index is 2.06. The molecule has 6 nitrogen and oxygen atoms in total. The van der Waals surface area contributed by atoms with Crippen molar-refractivity contribution in [3.63, 3.8) is 0 Å². The van der Waals surface area contributed by atoms with Crippen LogP contribution in [0, 0.1) is 0 Å². The lowest BCUT2D eigenvalue weighted by Gasteiger charge is -2.10. The Morgan fingerprint density at radius 2 is 2.10 bits per heavy atom. The number of methoxy groups -OCH3 is 1. The largest absolute Gasteiger partial charge is 0.503 e. The molecule has 3 rings (SSSR count). The van der Waals surface area contributed by atoms with Gasteiger partial charge in [0.25, 0.3) is 5.91 Å². The Kier molecular flexibility index (Phi) is 6.95. The van der Waals surface area contributed by atoms with Gasteiger partial charge in [0.05, 0.1) is 28.7 Å². The summed E-state index contributed by atoms with van der Waals surface area (Å²) in [7, 11) is 1.43. The van der Waals surface area contributed by atoms with Crippen molar-refractivity contribution in [3.05, 3.63) is 89.8 Å². The Morgan fingerprint density at radius 3 is 2.77 bits per heavy atom. The standard InChI is InChI=1S/C24H22ClN3O3/c1-4-8-15(5-2)14-26-24(30)17(23-27-19-9-6-7-10-20(19)28-23)11-16-12-18(25)22(29)21(13-16)31-3/h4-13,29H,1-2,14H2,3H3,(H,26,30)(H,27,28)/b15-8+,17-11+. The topological polar surface area (TPSA) is 87.2 Å². The van der Waals surface area contributed by atoms with E-state index in [9.17, 15) is 9.90 Å². The number of imidazole rings is 1. The number of fused-ring (bicyclic) bond motifs is 1. The molecule has 31 heavy (non-hydrogen) atoms. The predicted octanol–water partition coefficient (Wildman–Crippen LogP) is 4.89. The van der Waals surface area contributed by atoms with E-state index in [0.717, 1.165) is 16.6 Å². The molecule has 0 spiro atoms. The molecule has 0 aliphatic rings. The fourth-order valence-electron chi connectivity index (χ4n) is 2.95. The Bertz CT molecular complexity index is 1170. The summed E-state index contributed by atoms with van der Waals surface area (Å²) in [6.45, 7) is 7.67. The van der Waals surface area contributed by atoms with Crippen LogP contribution >= 0.6 is 11.6 Å². The van der Waals surface area contributed by atoms with Gasteiger partial charge in [0.1, 0.15) is 5.82 Å². The van der Waals surface area contributed by atoms with Crippen LogP contribution in [0.25, 0.3) is 22.7 Å². The van der Waals surface area contributed by atoms with E-state index in [-0.39, 0.29) is 29.0 Å². The van der Waals surface area contributed by atoms with Gasteiger partial charge in [-0.3, -0.25) is 4.79 Å². The van der Waals surface area contributed by atoms with Gasteiger partial charge in [0.15, 0.2) is 11.5 Å². The monoisotopic (exact) mass is 435 g/mol. The molecular formula is C24H22ClN3O3. The summed E-state index contributed by atoms with van der Waals surface area (Å²) >= 11 is 6.12. The summed E-state index contributed by atoms with van der Waals surface area (Å²) < 4.78 is 5.17. The molecule has 2 aromatic carbocycles. The van der Waals surface area contributed by atoms with Gasteiger partial charge in [-0.15, -0.1) is 0 Å². The first-order valence-electron chi connectivity index (χ1n) is 9.42. The molecule has 158 valence electrons. The first-order chi connectivity index (χ1) is 15.0. The molecule has 0 radical (unpaired) electrons. The van der Waals surface area contributed by atoms with Crippen LogP contribution in [0.2, 0.25) is 5.02 Å². The molecule has 0 fully saturated rings. The third kappa shape index (κ3) is 5.05. The number of hydrogen-bond donors (Lipinski definition) is 3. The molecule has 1 heterocycles. The summed E-state index contributed by atoms with van der Waals surface area (Å²) in [5.41, 5.74) is 3.20. The Hall–Kier alpha value is -3.77. The summed E-state index contributed by atoms with van der Waals surface area (Å²) in [6, 6.07) is 10.6. The van der Waals surface area contributed by atoms with E-state index in [1.807, 2.05) is 24.3 Å². The Morgan fingerprint density at radius 1 is 1.32 bits per heavy atom. The van der Waals surface area contributed by atoms with E-state index >= 15 is 0 Å². The van der Waals surface area contributed by atoms with Gasteiger partial charge in [0.2, 0.25) is 0 Å². The zero-order valence-corrected chi connectivity index (χ0v) is 17.7. The van der Waals surface area contributed by atoms with Gasteiger partial charge in [-0.2, -0.15) is 0 Å². The zero-order chi connectivity index (χ0) is 22.4. The van der Waals surface area contributed by atoms with Crippen molar-refractivity contribution < 1.29 is 14.6 Å². The van der Waals surface area contributed by atoms with Crippen molar-refractivity contribution >= 4 is 40.2 Å². The number of aromatic nitrogens is 2. The number of nitrogens with zero attached hydrogens (tertiary/aromatic N) is 1. The van der Waals surface area contributed by atoms with Crippen molar-refractivity contribution in [2.45, 2.75) is 0 Å². The van der Waals surface area contributed by atoms with Gasteiger partial charge in [0, 0.05) is 6.54 Å². The SMILES string of the molecule is C=C/C=C(\C=C)CNC(=O)/C(=C/c1cc(Cl)c(O)c(OC)c1)c1nc2ccccc2[nH]1. The van der Waals surface area contributed by atoms with Crippen molar-refractivity contribution in [1.82, 2.24) is 15.3 Å². The maximum absolute atomic E-state index is 13.1. The van der Waals surface area contributed by atoms with Gasteiger partial charge >= 0.3 is 0 Å². The number of allylic oxidation sites excluding steroid dienone is 2. The fraction of sp³-hybridized carbons (Fsp3) is 0.0833. The van der Waals surface area contributed by atoms with Crippen LogP contribution in [0.5, 0.6) is 11.5 Å². The van der Waals surface area contributed by atoms with Crippen molar-refractivity contribution in [1.29, 1.82) is 0 Å².